The number of carbonyl (C=O) groups is 2. The van der Waals surface area contributed by atoms with Crippen molar-refractivity contribution in [1.29, 1.82) is 0 Å². The van der Waals surface area contributed by atoms with Crippen LogP contribution in [0.3, 0.4) is 0 Å². The minimum absolute atomic E-state index is 0.0147. The first-order valence-corrected chi connectivity index (χ1v) is 12.6. The van der Waals surface area contributed by atoms with Gasteiger partial charge in [0, 0.05) is 16.3 Å². The monoisotopic (exact) mass is 468 g/mol. The van der Waals surface area contributed by atoms with Crippen LogP contribution in [-0.2, 0) is 14.6 Å². The van der Waals surface area contributed by atoms with Crippen molar-refractivity contribution in [2.24, 2.45) is 0 Å². The van der Waals surface area contributed by atoms with E-state index in [1.165, 1.54) is 23.9 Å². The lowest BCUT2D eigenvalue weighted by molar-refractivity contribution is -0.113. The summed E-state index contributed by atoms with van der Waals surface area (Å²) in [6.07, 6.45) is 0. The smallest absolute Gasteiger partial charge is 0.256 e. The first-order chi connectivity index (χ1) is 15.3. The van der Waals surface area contributed by atoms with E-state index in [1.54, 1.807) is 43.3 Å². The van der Waals surface area contributed by atoms with Gasteiger partial charge in [0.1, 0.15) is 0 Å². The standard InChI is InChI=1S/C24H24N2O4S2/c1-3-32(29,30)20-14-12-19(13-15-20)26-24(28)21-6-4-5-7-22(21)31-16-23(27)25-18-10-8-17(2)9-11-18/h4-15H,3,16H2,1-2H3,(H,25,27)(H,26,28). The molecule has 0 aliphatic rings. The number of amides is 2. The van der Waals surface area contributed by atoms with E-state index in [-0.39, 0.29) is 28.2 Å². The molecule has 8 heteroatoms. The molecule has 0 unspecified atom stereocenters. The molecule has 0 saturated carbocycles. The lowest BCUT2D eigenvalue weighted by Gasteiger charge is -2.11. The van der Waals surface area contributed by atoms with Gasteiger partial charge in [-0.3, -0.25) is 9.59 Å². The van der Waals surface area contributed by atoms with Crippen molar-refractivity contribution in [2.45, 2.75) is 23.6 Å². The lowest BCUT2D eigenvalue weighted by Crippen LogP contribution is -2.16. The number of rotatable bonds is 8. The minimum atomic E-state index is -3.30. The molecule has 0 bridgehead atoms. The summed E-state index contributed by atoms with van der Waals surface area (Å²) in [5.41, 5.74) is 2.76. The summed E-state index contributed by atoms with van der Waals surface area (Å²) in [6.45, 7) is 3.56. The number of sulfone groups is 1. The summed E-state index contributed by atoms with van der Waals surface area (Å²) in [5.74, 6) is -0.331. The van der Waals surface area contributed by atoms with Gasteiger partial charge in [-0.05, 0) is 55.5 Å². The van der Waals surface area contributed by atoms with Crippen LogP contribution in [0.5, 0.6) is 0 Å². The predicted octanol–water partition coefficient (Wildman–Crippen LogP) is 4.77. The Kier molecular flexibility index (Phi) is 7.71. The van der Waals surface area contributed by atoms with E-state index in [1.807, 2.05) is 31.2 Å². The molecule has 2 amide bonds. The molecule has 0 aromatic heterocycles. The van der Waals surface area contributed by atoms with Crippen LogP contribution in [-0.4, -0.2) is 31.7 Å². The van der Waals surface area contributed by atoms with E-state index >= 15 is 0 Å². The Morgan fingerprint density at radius 1 is 0.844 bits per heavy atom. The van der Waals surface area contributed by atoms with Crippen LogP contribution in [0.4, 0.5) is 11.4 Å². The van der Waals surface area contributed by atoms with Gasteiger partial charge in [-0.1, -0.05) is 36.8 Å². The lowest BCUT2D eigenvalue weighted by atomic mass is 10.2. The molecule has 0 radical (unpaired) electrons. The zero-order valence-electron chi connectivity index (χ0n) is 17.8. The first-order valence-electron chi connectivity index (χ1n) is 10.0. The van der Waals surface area contributed by atoms with Crippen LogP contribution < -0.4 is 10.6 Å². The van der Waals surface area contributed by atoms with Gasteiger partial charge in [0.2, 0.25) is 5.91 Å². The van der Waals surface area contributed by atoms with E-state index < -0.39 is 9.84 Å². The number of benzene rings is 3. The molecule has 0 saturated heterocycles. The van der Waals surface area contributed by atoms with Crippen LogP contribution in [0.1, 0.15) is 22.8 Å². The molecule has 0 spiro atoms. The normalized spacial score (nSPS) is 11.1. The van der Waals surface area contributed by atoms with Crippen LogP contribution in [0.25, 0.3) is 0 Å². The highest BCUT2D eigenvalue weighted by Crippen LogP contribution is 2.24. The Hall–Kier alpha value is -3.10. The maximum absolute atomic E-state index is 12.8. The van der Waals surface area contributed by atoms with Crippen LogP contribution in [0.15, 0.2) is 82.6 Å². The van der Waals surface area contributed by atoms with Gasteiger partial charge in [0.05, 0.1) is 22.0 Å². The van der Waals surface area contributed by atoms with Crippen molar-refractivity contribution in [3.05, 3.63) is 83.9 Å². The Labute approximate surface area is 192 Å². The van der Waals surface area contributed by atoms with Gasteiger partial charge >= 0.3 is 0 Å². The molecule has 6 nitrogen and oxygen atoms in total. The molecule has 0 atom stereocenters. The Bertz CT molecular complexity index is 1210. The van der Waals surface area contributed by atoms with E-state index in [0.717, 1.165) is 11.3 Å². The molecule has 0 heterocycles. The number of anilines is 2. The average Bonchev–Trinajstić information content (AvgIpc) is 2.80. The van der Waals surface area contributed by atoms with Gasteiger partial charge < -0.3 is 10.6 Å². The second-order valence-electron chi connectivity index (χ2n) is 7.08. The first kappa shape index (κ1) is 23.6. The summed E-state index contributed by atoms with van der Waals surface area (Å²) < 4.78 is 23.9. The number of nitrogens with one attached hydrogen (secondary N) is 2. The second kappa shape index (κ2) is 10.5. The summed E-state index contributed by atoms with van der Waals surface area (Å²) in [5, 5.41) is 5.62. The third-order valence-corrected chi connectivity index (χ3v) is 7.50. The molecule has 0 aliphatic carbocycles. The third kappa shape index (κ3) is 6.21. The predicted molar refractivity (Wildman–Crippen MR) is 129 cm³/mol. The fraction of sp³-hybridized carbons (Fsp3) is 0.167. The quantitative estimate of drug-likeness (QED) is 0.465. The van der Waals surface area contributed by atoms with Gasteiger partial charge in [-0.2, -0.15) is 0 Å². The zero-order chi connectivity index (χ0) is 23.1. The number of carbonyl (C=O) groups excluding carboxylic acids is 2. The van der Waals surface area contributed by atoms with E-state index in [0.29, 0.717) is 16.1 Å². The molecule has 32 heavy (non-hydrogen) atoms. The SMILES string of the molecule is CCS(=O)(=O)c1ccc(NC(=O)c2ccccc2SCC(=O)Nc2ccc(C)cc2)cc1. The van der Waals surface area contributed by atoms with Crippen molar-refractivity contribution in [2.75, 3.05) is 22.1 Å². The molecular weight excluding hydrogens is 444 g/mol. The fourth-order valence-electron chi connectivity index (χ4n) is 2.87. The molecule has 3 rings (SSSR count). The zero-order valence-corrected chi connectivity index (χ0v) is 19.4. The van der Waals surface area contributed by atoms with E-state index in [4.69, 9.17) is 0 Å². The number of hydrogen-bond acceptors (Lipinski definition) is 5. The summed E-state index contributed by atoms with van der Waals surface area (Å²) in [4.78, 5) is 26.0. The Morgan fingerprint density at radius 3 is 2.09 bits per heavy atom. The molecule has 3 aromatic rings. The number of aryl methyl sites for hydroxylation is 1. The largest absolute Gasteiger partial charge is 0.325 e. The topological polar surface area (TPSA) is 92.3 Å². The molecule has 2 N–H and O–H groups in total. The van der Waals surface area contributed by atoms with Crippen LogP contribution >= 0.6 is 11.8 Å². The van der Waals surface area contributed by atoms with Crippen molar-refractivity contribution >= 4 is 44.8 Å². The van der Waals surface area contributed by atoms with E-state index in [9.17, 15) is 18.0 Å². The van der Waals surface area contributed by atoms with Crippen molar-refractivity contribution in [1.82, 2.24) is 0 Å². The molecule has 166 valence electrons. The van der Waals surface area contributed by atoms with Crippen LogP contribution in [0.2, 0.25) is 0 Å². The number of thioether (sulfide) groups is 1. The highest BCUT2D eigenvalue weighted by atomic mass is 32.2. The molecule has 3 aromatic carbocycles. The summed E-state index contributed by atoms with van der Waals surface area (Å²) in [6, 6.07) is 20.6. The van der Waals surface area contributed by atoms with Crippen molar-refractivity contribution in [3.8, 4) is 0 Å². The maximum atomic E-state index is 12.8. The fourth-order valence-corrected chi connectivity index (χ4v) is 4.60. The van der Waals surface area contributed by atoms with Gasteiger partial charge in [0.15, 0.2) is 9.84 Å². The van der Waals surface area contributed by atoms with Gasteiger partial charge in [-0.25, -0.2) is 8.42 Å². The molecule has 0 fully saturated rings. The molecular formula is C24H24N2O4S2. The van der Waals surface area contributed by atoms with Crippen LogP contribution in [0, 0.1) is 6.92 Å². The number of hydrogen-bond donors (Lipinski definition) is 2. The second-order valence-corrected chi connectivity index (χ2v) is 10.4. The summed E-state index contributed by atoms with van der Waals surface area (Å²) >= 11 is 1.27. The van der Waals surface area contributed by atoms with Crippen molar-refractivity contribution < 1.29 is 18.0 Å². The Balaban J connectivity index is 1.64. The molecule has 0 aliphatic heterocycles. The van der Waals surface area contributed by atoms with E-state index in [2.05, 4.69) is 10.6 Å². The van der Waals surface area contributed by atoms with Gasteiger partial charge in [-0.15, -0.1) is 11.8 Å². The third-order valence-electron chi connectivity index (χ3n) is 4.68. The Morgan fingerprint density at radius 2 is 1.44 bits per heavy atom. The summed E-state index contributed by atoms with van der Waals surface area (Å²) in [7, 11) is -3.30. The highest BCUT2D eigenvalue weighted by molar-refractivity contribution is 8.00. The minimum Gasteiger partial charge on any atom is -0.325 e. The average molecular weight is 469 g/mol. The van der Waals surface area contributed by atoms with Crippen molar-refractivity contribution in [3.63, 3.8) is 0 Å². The maximum Gasteiger partial charge on any atom is 0.256 e. The highest BCUT2D eigenvalue weighted by Gasteiger charge is 2.15. The van der Waals surface area contributed by atoms with Gasteiger partial charge in [0.25, 0.3) is 5.91 Å².